The Morgan fingerprint density at radius 3 is 2.26 bits per heavy atom. The van der Waals surface area contributed by atoms with Gasteiger partial charge in [0.1, 0.15) is 10.5 Å². The number of hydrogen-bond acceptors (Lipinski definition) is 3. The maximum absolute atomic E-state index is 13.6. The summed E-state index contributed by atoms with van der Waals surface area (Å²) in [7, 11) is 0. The second-order valence-corrected chi connectivity index (χ2v) is 8.48. The van der Waals surface area contributed by atoms with Crippen molar-refractivity contribution in [3.63, 3.8) is 0 Å². The Hall–Kier alpha value is -3.51. The second-order valence-electron chi connectivity index (χ2n) is 7.43. The summed E-state index contributed by atoms with van der Waals surface area (Å²) in [4.78, 5) is 27.1. The van der Waals surface area contributed by atoms with Crippen molar-refractivity contribution in [1.82, 2.24) is 9.13 Å². The number of halogens is 1. The van der Waals surface area contributed by atoms with E-state index in [1.807, 2.05) is 48.5 Å². The Morgan fingerprint density at radius 1 is 0.871 bits per heavy atom. The molecule has 0 radical (unpaired) electrons. The van der Waals surface area contributed by atoms with Crippen molar-refractivity contribution >= 4 is 31.6 Å². The van der Waals surface area contributed by atoms with Crippen LogP contribution in [-0.4, -0.2) is 9.13 Å². The molecule has 0 saturated heterocycles. The fourth-order valence-electron chi connectivity index (χ4n) is 3.88. The number of benzene rings is 3. The molecule has 5 rings (SSSR count). The standard InChI is InChI=1S/C25H19FN2O2S/c1-2-16-9-13-19(14-10-16)28-24(29)23-22(20-5-3-4-6-21(20)31-23)27(25(28)30)15-17-7-11-18(26)12-8-17/h3-14H,2,15H2,1H3. The fourth-order valence-corrected chi connectivity index (χ4v) is 5.01. The monoisotopic (exact) mass is 430 g/mol. The molecule has 0 saturated carbocycles. The van der Waals surface area contributed by atoms with Gasteiger partial charge in [-0.3, -0.25) is 9.36 Å². The smallest absolute Gasteiger partial charge is 0.287 e. The molecule has 0 N–H and O–H groups in total. The van der Waals surface area contributed by atoms with E-state index >= 15 is 0 Å². The summed E-state index contributed by atoms with van der Waals surface area (Å²) in [5.74, 6) is -0.330. The lowest BCUT2D eigenvalue weighted by atomic mass is 10.1. The minimum atomic E-state index is -0.408. The lowest BCUT2D eigenvalue weighted by Gasteiger charge is -2.13. The van der Waals surface area contributed by atoms with Gasteiger partial charge in [-0.05, 0) is 47.9 Å². The van der Waals surface area contributed by atoms with Crippen LogP contribution >= 0.6 is 11.3 Å². The first-order valence-corrected chi connectivity index (χ1v) is 10.9. The van der Waals surface area contributed by atoms with Crippen LogP contribution in [0.15, 0.2) is 82.4 Å². The molecule has 2 heterocycles. The predicted octanol–water partition coefficient (Wildman–Crippen LogP) is 5.12. The largest absolute Gasteiger partial charge is 0.336 e. The highest BCUT2D eigenvalue weighted by molar-refractivity contribution is 7.25. The molecule has 31 heavy (non-hydrogen) atoms. The Bertz CT molecular complexity index is 1530. The van der Waals surface area contributed by atoms with E-state index in [2.05, 4.69) is 6.92 Å². The van der Waals surface area contributed by atoms with Crippen LogP contribution in [0.3, 0.4) is 0 Å². The molecule has 0 aliphatic carbocycles. The van der Waals surface area contributed by atoms with Gasteiger partial charge in [0, 0.05) is 10.1 Å². The highest BCUT2D eigenvalue weighted by atomic mass is 32.1. The van der Waals surface area contributed by atoms with Crippen molar-refractivity contribution in [2.45, 2.75) is 19.9 Å². The van der Waals surface area contributed by atoms with Crippen LogP contribution in [0.1, 0.15) is 18.1 Å². The Morgan fingerprint density at radius 2 is 1.55 bits per heavy atom. The van der Waals surface area contributed by atoms with E-state index in [1.54, 1.807) is 16.7 Å². The quantitative estimate of drug-likeness (QED) is 0.397. The topological polar surface area (TPSA) is 44.0 Å². The molecule has 154 valence electrons. The average Bonchev–Trinajstić information content (AvgIpc) is 3.18. The van der Waals surface area contributed by atoms with Crippen molar-refractivity contribution in [1.29, 1.82) is 0 Å². The van der Waals surface area contributed by atoms with Gasteiger partial charge in [0.25, 0.3) is 5.56 Å². The molecule has 0 atom stereocenters. The first-order valence-electron chi connectivity index (χ1n) is 10.1. The molecule has 0 unspecified atom stereocenters. The lowest BCUT2D eigenvalue weighted by Crippen LogP contribution is -2.38. The Kier molecular flexibility index (Phi) is 4.79. The molecule has 0 bridgehead atoms. The van der Waals surface area contributed by atoms with E-state index in [-0.39, 0.29) is 17.9 Å². The normalized spacial score (nSPS) is 11.4. The van der Waals surface area contributed by atoms with E-state index in [4.69, 9.17) is 0 Å². The highest BCUT2D eigenvalue weighted by Gasteiger charge is 2.19. The van der Waals surface area contributed by atoms with Crippen molar-refractivity contribution in [3.05, 3.63) is 111 Å². The summed E-state index contributed by atoms with van der Waals surface area (Å²) in [6.07, 6.45) is 0.874. The molecule has 0 aliphatic rings. The predicted molar refractivity (Wildman–Crippen MR) is 124 cm³/mol. The number of aromatic nitrogens is 2. The van der Waals surface area contributed by atoms with Crippen molar-refractivity contribution in [2.75, 3.05) is 0 Å². The van der Waals surface area contributed by atoms with Gasteiger partial charge in [-0.15, -0.1) is 11.3 Å². The maximum Gasteiger partial charge on any atom is 0.336 e. The third-order valence-corrected chi connectivity index (χ3v) is 6.66. The van der Waals surface area contributed by atoms with Gasteiger partial charge < -0.3 is 0 Å². The van der Waals surface area contributed by atoms with Crippen LogP contribution in [-0.2, 0) is 13.0 Å². The van der Waals surface area contributed by atoms with E-state index < -0.39 is 5.69 Å². The molecule has 0 amide bonds. The fraction of sp³-hybridized carbons (Fsp3) is 0.120. The first kappa shape index (κ1) is 19.5. The summed E-state index contributed by atoms with van der Waals surface area (Å²) < 4.78 is 17.7. The van der Waals surface area contributed by atoms with Crippen molar-refractivity contribution < 1.29 is 4.39 Å². The van der Waals surface area contributed by atoms with Gasteiger partial charge in [0.05, 0.1) is 17.7 Å². The van der Waals surface area contributed by atoms with Crippen LogP contribution in [0.25, 0.3) is 26.0 Å². The van der Waals surface area contributed by atoms with Crippen molar-refractivity contribution in [2.24, 2.45) is 0 Å². The third-order valence-electron chi connectivity index (χ3n) is 5.52. The Balaban J connectivity index is 1.84. The minimum absolute atomic E-state index is 0.240. The van der Waals surface area contributed by atoms with E-state index in [1.165, 1.54) is 28.0 Å². The summed E-state index contributed by atoms with van der Waals surface area (Å²) >= 11 is 1.39. The molecule has 0 fully saturated rings. The molecule has 0 aliphatic heterocycles. The minimum Gasteiger partial charge on any atom is -0.287 e. The van der Waals surface area contributed by atoms with E-state index in [0.29, 0.717) is 15.9 Å². The lowest BCUT2D eigenvalue weighted by molar-refractivity contribution is 0.626. The van der Waals surface area contributed by atoms with Gasteiger partial charge in [-0.25, -0.2) is 13.8 Å². The van der Waals surface area contributed by atoms with Crippen LogP contribution in [0, 0.1) is 5.82 Å². The summed E-state index contributed by atoms with van der Waals surface area (Å²) in [5.41, 5.74) is 2.36. The van der Waals surface area contributed by atoms with E-state index in [9.17, 15) is 14.0 Å². The number of nitrogens with zero attached hydrogens (tertiary/aromatic N) is 2. The molecule has 0 spiro atoms. The van der Waals surface area contributed by atoms with Gasteiger partial charge in [-0.1, -0.05) is 49.4 Å². The van der Waals surface area contributed by atoms with Crippen LogP contribution in [0.5, 0.6) is 0 Å². The number of aryl methyl sites for hydroxylation is 1. The summed E-state index contributed by atoms with van der Waals surface area (Å²) in [6.45, 7) is 2.30. The zero-order valence-electron chi connectivity index (χ0n) is 16.8. The number of fused-ring (bicyclic) bond motifs is 3. The molecule has 6 heteroatoms. The first-order chi connectivity index (χ1) is 15.1. The van der Waals surface area contributed by atoms with Crippen LogP contribution in [0.2, 0.25) is 0 Å². The summed E-state index contributed by atoms with van der Waals surface area (Å²) in [6, 6.07) is 21.2. The number of hydrogen-bond donors (Lipinski definition) is 0. The van der Waals surface area contributed by atoms with E-state index in [0.717, 1.165) is 27.6 Å². The summed E-state index contributed by atoms with van der Waals surface area (Å²) in [5, 5.41) is 0.868. The second kappa shape index (κ2) is 7.63. The highest BCUT2D eigenvalue weighted by Crippen LogP contribution is 2.31. The Labute approximate surface area is 181 Å². The van der Waals surface area contributed by atoms with Crippen LogP contribution < -0.4 is 11.2 Å². The van der Waals surface area contributed by atoms with Gasteiger partial charge in [0.15, 0.2) is 0 Å². The molecular formula is C25H19FN2O2S. The third kappa shape index (κ3) is 3.29. The molecule has 2 aromatic heterocycles. The molecular weight excluding hydrogens is 411 g/mol. The average molecular weight is 431 g/mol. The molecule has 5 aromatic rings. The van der Waals surface area contributed by atoms with Gasteiger partial charge in [0.2, 0.25) is 0 Å². The van der Waals surface area contributed by atoms with Gasteiger partial charge >= 0.3 is 5.69 Å². The van der Waals surface area contributed by atoms with Crippen molar-refractivity contribution in [3.8, 4) is 5.69 Å². The number of rotatable bonds is 4. The molecule has 3 aromatic carbocycles. The maximum atomic E-state index is 13.6. The number of thiophene rings is 1. The van der Waals surface area contributed by atoms with Gasteiger partial charge in [-0.2, -0.15) is 0 Å². The molecule has 4 nitrogen and oxygen atoms in total. The SMILES string of the molecule is CCc1ccc(-n2c(=O)c3sc4ccccc4c3n(Cc3ccc(F)cc3)c2=O)cc1. The zero-order valence-corrected chi connectivity index (χ0v) is 17.7. The zero-order chi connectivity index (χ0) is 21.5. The van der Waals surface area contributed by atoms with Crippen LogP contribution in [0.4, 0.5) is 4.39 Å².